The number of rotatable bonds is 6. The van der Waals surface area contributed by atoms with Crippen molar-refractivity contribution in [2.75, 3.05) is 11.9 Å². The SMILES string of the molecule is Cc1ccc(OC[C@@]2(c3ccccc3)C[C@H]2C(=O)Nc2ccc(C#N)cn2)c(C)n1. The van der Waals surface area contributed by atoms with Gasteiger partial charge in [0, 0.05) is 17.3 Å². The predicted octanol–water partition coefficient (Wildman–Crippen LogP) is 3.94. The molecule has 0 unspecified atom stereocenters. The molecule has 0 radical (unpaired) electrons. The van der Waals surface area contributed by atoms with Crippen molar-refractivity contribution in [2.24, 2.45) is 5.92 Å². The van der Waals surface area contributed by atoms with Gasteiger partial charge < -0.3 is 10.1 Å². The van der Waals surface area contributed by atoms with Crippen molar-refractivity contribution in [2.45, 2.75) is 25.7 Å². The van der Waals surface area contributed by atoms with Gasteiger partial charge >= 0.3 is 0 Å². The van der Waals surface area contributed by atoms with Gasteiger partial charge in [0.25, 0.3) is 0 Å². The van der Waals surface area contributed by atoms with Crippen LogP contribution in [0.1, 0.15) is 28.9 Å². The Hall–Kier alpha value is -3.72. The number of hydrogen-bond acceptors (Lipinski definition) is 5. The number of hydrogen-bond donors (Lipinski definition) is 1. The minimum atomic E-state index is -0.394. The molecule has 0 saturated heterocycles. The minimum absolute atomic E-state index is 0.0987. The monoisotopic (exact) mass is 398 g/mol. The molecule has 2 atom stereocenters. The van der Waals surface area contributed by atoms with Crippen LogP contribution in [-0.2, 0) is 10.2 Å². The number of pyridine rings is 2. The number of aryl methyl sites for hydroxylation is 2. The van der Waals surface area contributed by atoms with Gasteiger partial charge in [0.15, 0.2) is 0 Å². The van der Waals surface area contributed by atoms with E-state index in [-0.39, 0.29) is 11.8 Å². The highest BCUT2D eigenvalue weighted by molar-refractivity contribution is 5.95. The number of ether oxygens (including phenoxy) is 1. The number of nitrogens with one attached hydrogen (secondary N) is 1. The van der Waals surface area contributed by atoms with Gasteiger partial charge in [-0.15, -0.1) is 0 Å². The highest BCUT2D eigenvalue weighted by Crippen LogP contribution is 2.55. The number of aromatic nitrogens is 2. The second-order valence-corrected chi connectivity index (χ2v) is 7.64. The molecular formula is C24H22N4O2. The van der Waals surface area contributed by atoms with E-state index >= 15 is 0 Å². The topological polar surface area (TPSA) is 87.9 Å². The third-order valence-electron chi connectivity index (χ3n) is 5.55. The first-order valence-electron chi connectivity index (χ1n) is 9.81. The fourth-order valence-electron chi connectivity index (χ4n) is 3.76. The Labute approximate surface area is 175 Å². The lowest BCUT2D eigenvalue weighted by Gasteiger charge is -2.20. The van der Waals surface area contributed by atoms with Gasteiger partial charge in [-0.3, -0.25) is 9.78 Å². The first-order valence-corrected chi connectivity index (χ1v) is 9.81. The minimum Gasteiger partial charge on any atom is -0.491 e. The Kier molecular flexibility index (Phi) is 5.20. The lowest BCUT2D eigenvalue weighted by molar-refractivity contribution is -0.117. The molecule has 0 spiro atoms. The molecule has 1 fully saturated rings. The summed E-state index contributed by atoms with van der Waals surface area (Å²) >= 11 is 0. The lowest BCUT2D eigenvalue weighted by Crippen LogP contribution is -2.27. The van der Waals surface area contributed by atoms with E-state index in [0.29, 0.717) is 24.4 Å². The van der Waals surface area contributed by atoms with Gasteiger partial charge in [-0.1, -0.05) is 30.3 Å². The maximum absolute atomic E-state index is 13.0. The fraction of sp³-hybridized carbons (Fsp3) is 0.250. The van der Waals surface area contributed by atoms with Crippen molar-refractivity contribution in [1.82, 2.24) is 9.97 Å². The largest absolute Gasteiger partial charge is 0.491 e. The van der Waals surface area contributed by atoms with Gasteiger partial charge in [-0.25, -0.2) is 4.98 Å². The van der Waals surface area contributed by atoms with Crippen molar-refractivity contribution >= 4 is 11.7 Å². The highest BCUT2D eigenvalue weighted by atomic mass is 16.5. The first kappa shape index (κ1) is 19.6. The van der Waals surface area contributed by atoms with Crippen LogP contribution in [0.5, 0.6) is 5.75 Å². The summed E-state index contributed by atoms with van der Waals surface area (Å²) in [6.07, 6.45) is 2.14. The molecule has 1 N–H and O–H groups in total. The molecule has 6 heteroatoms. The third-order valence-corrected chi connectivity index (χ3v) is 5.55. The second-order valence-electron chi connectivity index (χ2n) is 7.64. The van der Waals surface area contributed by atoms with Gasteiger partial charge in [-0.05, 0) is 50.1 Å². The number of amides is 1. The quantitative estimate of drug-likeness (QED) is 0.679. The van der Waals surface area contributed by atoms with Crippen molar-refractivity contribution in [3.63, 3.8) is 0 Å². The van der Waals surface area contributed by atoms with Crippen LogP contribution < -0.4 is 10.1 Å². The van der Waals surface area contributed by atoms with E-state index in [9.17, 15) is 4.79 Å². The Morgan fingerprint density at radius 3 is 2.67 bits per heavy atom. The van der Waals surface area contributed by atoms with E-state index in [2.05, 4.69) is 15.3 Å². The molecule has 2 heterocycles. The predicted molar refractivity (Wildman–Crippen MR) is 113 cm³/mol. The smallest absolute Gasteiger partial charge is 0.229 e. The van der Waals surface area contributed by atoms with Crippen molar-refractivity contribution in [3.05, 3.63) is 83.3 Å². The molecule has 1 aliphatic rings. The zero-order valence-corrected chi connectivity index (χ0v) is 16.9. The Balaban J connectivity index is 1.53. The van der Waals surface area contributed by atoms with E-state index in [0.717, 1.165) is 22.7 Å². The van der Waals surface area contributed by atoms with Crippen LogP contribution in [0.3, 0.4) is 0 Å². The van der Waals surface area contributed by atoms with Crippen LogP contribution in [0.15, 0.2) is 60.8 Å². The van der Waals surface area contributed by atoms with Crippen molar-refractivity contribution in [1.29, 1.82) is 5.26 Å². The van der Waals surface area contributed by atoms with Crippen LogP contribution >= 0.6 is 0 Å². The lowest BCUT2D eigenvalue weighted by atomic mass is 9.93. The summed E-state index contributed by atoms with van der Waals surface area (Å²) in [7, 11) is 0. The van der Waals surface area contributed by atoms with Crippen LogP contribution in [0.25, 0.3) is 0 Å². The molecule has 4 rings (SSSR count). The van der Waals surface area contributed by atoms with Gasteiger partial charge in [0.05, 0.1) is 23.8 Å². The summed E-state index contributed by atoms with van der Waals surface area (Å²) in [5.74, 6) is 0.845. The van der Waals surface area contributed by atoms with E-state index in [1.54, 1.807) is 12.1 Å². The molecule has 30 heavy (non-hydrogen) atoms. The average Bonchev–Trinajstić information content (AvgIpc) is 3.50. The summed E-state index contributed by atoms with van der Waals surface area (Å²) in [5.41, 5.74) is 2.91. The Bertz CT molecular complexity index is 1110. The van der Waals surface area contributed by atoms with Crippen LogP contribution in [-0.4, -0.2) is 22.5 Å². The molecule has 1 amide bonds. The normalized spacial score (nSPS) is 19.6. The van der Waals surface area contributed by atoms with E-state index in [1.165, 1.54) is 6.20 Å². The van der Waals surface area contributed by atoms with Crippen molar-refractivity contribution in [3.8, 4) is 11.8 Å². The Morgan fingerprint density at radius 1 is 1.20 bits per heavy atom. The summed E-state index contributed by atoms with van der Waals surface area (Å²) in [6.45, 7) is 4.26. The number of anilines is 1. The zero-order chi connectivity index (χ0) is 21.1. The van der Waals surface area contributed by atoms with Gasteiger partial charge in [0.1, 0.15) is 17.6 Å². The van der Waals surface area contributed by atoms with E-state index < -0.39 is 5.41 Å². The number of nitrogens with zero attached hydrogens (tertiary/aromatic N) is 3. The van der Waals surface area contributed by atoms with Crippen LogP contribution in [0.2, 0.25) is 0 Å². The van der Waals surface area contributed by atoms with Crippen LogP contribution in [0, 0.1) is 31.1 Å². The molecule has 1 saturated carbocycles. The number of nitriles is 1. The standard InChI is InChI=1S/C24H22N4O2/c1-16-8-10-21(17(2)27-16)30-15-24(19-6-4-3-5-7-19)12-20(24)23(29)28-22-11-9-18(13-25)14-26-22/h3-11,14,20H,12,15H2,1-2H3,(H,26,28,29)/t20-,24+/m0/s1. The second kappa shape index (κ2) is 7.96. The number of carbonyl (C=O) groups excluding carboxylic acids is 1. The molecule has 150 valence electrons. The molecule has 1 aromatic carbocycles. The molecule has 3 aromatic rings. The molecule has 0 aliphatic heterocycles. The summed E-state index contributed by atoms with van der Waals surface area (Å²) < 4.78 is 6.14. The molecule has 0 bridgehead atoms. The fourth-order valence-corrected chi connectivity index (χ4v) is 3.76. The van der Waals surface area contributed by atoms with E-state index in [1.807, 2.05) is 62.4 Å². The summed E-state index contributed by atoms with van der Waals surface area (Å²) in [4.78, 5) is 21.6. The molecular weight excluding hydrogens is 376 g/mol. The van der Waals surface area contributed by atoms with Gasteiger partial charge in [0.2, 0.25) is 5.91 Å². The van der Waals surface area contributed by atoms with Crippen molar-refractivity contribution < 1.29 is 9.53 Å². The Morgan fingerprint density at radius 2 is 2.00 bits per heavy atom. The summed E-state index contributed by atoms with van der Waals surface area (Å²) in [6, 6.07) is 19.1. The van der Waals surface area contributed by atoms with Crippen LogP contribution in [0.4, 0.5) is 5.82 Å². The van der Waals surface area contributed by atoms with Gasteiger partial charge in [-0.2, -0.15) is 5.26 Å². The number of carbonyl (C=O) groups is 1. The summed E-state index contributed by atoms with van der Waals surface area (Å²) in [5, 5.41) is 11.8. The highest BCUT2D eigenvalue weighted by Gasteiger charge is 2.60. The average molecular weight is 398 g/mol. The molecule has 6 nitrogen and oxygen atoms in total. The maximum Gasteiger partial charge on any atom is 0.229 e. The molecule has 2 aromatic heterocycles. The zero-order valence-electron chi connectivity index (χ0n) is 16.9. The maximum atomic E-state index is 13.0. The number of benzene rings is 1. The molecule has 1 aliphatic carbocycles. The first-order chi connectivity index (χ1) is 14.5. The third kappa shape index (κ3) is 3.87. The van der Waals surface area contributed by atoms with E-state index in [4.69, 9.17) is 10.00 Å².